The van der Waals surface area contributed by atoms with E-state index in [1.54, 1.807) is 44.9 Å². The fourth-order valence-corrected chi connectivity index (χ4v) is 1.68. The van der Waals surface area contributed by atoms with Crippen LogP contribution in [-0.2, 0) is 16.6 Å². The van der Waals surface area contributed by atoms with Gasteiger partial charge in [-0.05, 0) is 26.7 Å². The molecule has 21 heavy (non-hydrogen) atoms. The van der Waals surface area contributed by atoms with Gasteiger partial charge >= 0.3 is 6.09 Å². The van der Waals surface area contributed by atoms with Crippen molar-refractivity contribution in [3.8, 4) is 0 Å². The first kappa shape index (κ1) is 17.0. The summed E-state index contributed by atoms with van der Waals surface area (Å²) in [6, 6.07) is -0.681. The Hall–Kier alpha value is -2.05. The summed E-state index contributed by atoms with van der Waals surface area (Å²) in [6.07, 6.45) is 2.62. The van der Waals surface area contributed by atoms with Gasteiger partial charge in [0, 0.05) is 13.2 Å². The summed E-state index contributed by atoms with van der Waals surface area (Å²) in [7, 11) is 1.76. The van der Waals surface area contributed by atoms with Crippen LogP contribution in [0.15, 0.2) is 12.4 Å². The quantitative estimate of drug-likeness (QED) is 0.888. The molecule has 0 saturated carbocycles. The van der Waals surface area contributed by atoms with Crippen LogP contribution in [0.3, 0.4) is 0 Å². The Labute approximate surface area is 125 Å². The second kappa shape index (κ2) is 6.60. The molecular weight excluding hydrogens is 272 g/mol. The van der Waals surface area contributed by atoms with Crippen molar-refractivity contribution >= 4 is 17.7 Å². The third-order valence-electron chi connectivity index (χ3n) is 2.59. The molecule has 0 saturated heterocycles. The summed E-state index contributed by atoms with van der Waals surface area (Å²) >= 11 is 0. The third kappa shape index (κ3) is 5.85. The first-order valence-electron chi connectivity index (χ1n) is 6.87. The maximum atomic E-state index is 12.2. The number of anilines is 1. The number of alkyl carbamates (subject to hydrolysis) is 1. The summed E-state index contributed by atoms with van der Waals surface area (Å²) in [5, 5.41) is 9.29. The summed E-state index contributed by atoms with van der Waals surface area (Å²) < 4.78 is 6.76. The van der Waals surface area contributed by atoms with Gasteiger partial charge in [-0.1, -0.05) is 13.8 Å². The molecule has 1 heterocycles. The highest BCUT2D eigenvalue weighted by Gasteiger charge is 2.27. The van der Waals surface area contributed by atoms with Crippen LogP contribution in [0.1, 0.15) is 34.6 Å². The summed E-state index contributed by atoms with van der Waals surface area (Å²) in [5.74, 6) is -0.377. The fraction of sp³-hybridized carbons (Fsp3) is 0.643. The number of hydrogen-bond acceptors (Lipinski definition) is 4. The molecular formula is C14H24N4O3. The number of aryl methyl sites for hydroxylation is 1. The van der Waals surface area contributed by atoms with Crippen LogP contribution in [-0.4, -0.2) is 33.4 Å². The van der Waals surface area contributed by atoms with Crippen molar-refractivity contribution in [1.82, 2.24) is 15.1 Å². The molecule has 7 heteroatoms. The predicted molar refractivity (Wildman–Crippen MR) is 79.8 cm³/mol. The summed E-state index contributed by atoms with van der Waals surface area (Å²) in [4.78, 5) is 24.1. The zero-order valence-corrected chi connectivity index (χ0v) is 13.4. The SMILES string of the molecule is CC(C)C(NC(=O)OC(C)(C)C)C(=O)Nc1cnn(C)c1. The lowest BCUT2D eigenvalue weighted by atomic mass is 10.0. The van der Waals surface area contributed by atoms with E-state index in [-0.39, 0.29) is 11.8 Å². The molecule has 7 nitrogen and oxygen atoms in total. The standard InChI is InChI=1S/C14H24N4O3/c1-9(2)11(17-13(20)21-14(3,4)5)12(19)16-10-7-15-18(6)8-10/h7-9,11H,1-6H3,(H,16,19)(H,17,20). The molecule has 0 aromatic carbocycles. The highest BCUT2D eigenvalue weighted by atomic mass is 16.6. The second-order valence-electron chi connectivity index (χ2n) is 6.26. The number of nitrogens with one attached hydrogen (secondary N) is 2. The van der Waals surface area contributed by atoms with Gasteiger partial charge in [0.25, 0.3) is 0 Å². The number of carbonyl (C=O) groups is 2. The normalized spacial score (nSPS) is 12.9. The Balaban J connectivity index is 2.68. The van der Waals surface area contributed by atoms with E-state index < -0.39 is 17.7 Å². The highest BCUT2D eigenvalue weighted by molar-refractivity contribution is 5.96. The number of rotatable bonds is 4. The van der Waals surface area contributed by atoms with Crippen molar-refractivity contribution in [2.45, 2.75) is 46.3 Å². The average molecular weight is 296 g/mol. The highest BCUT2D eigenvalue weighted by Crippen LogP contribution is 2.11. The van der Waals surface area contributed by atoms with Crippen LogP contribution in [0.25, 0.3) is 0 Å². The van der Waals surface area contributed by atoms with Crippen LogP contribution in [0.5, 0.6) is 0 Å². The molecule has 1 atom stereocenters. The minimum absolute atomic E-state index is 0.0748. The Bertz CT molecular complexity index is 503. The van der Waals surface area contributed by atoms with Gasteiger partial charge in [-0.3, -0.25) is 9.48 Å². The van der Waals surface area contributed by atoms with E-state index in [0.29, 0.717) is 5.69 Å². The van der Waals surface area contributed by atoms with Gasteiger partial charge in [0.2, 0.25) is 5.91 Å². The van der Waals surface area contributed by atoms with Crippen molar-refractivity contribution in [1.29, 1.82) is 0 Å². The van der Waals surface area contributed by atoms with E-state index in [1.165, 1.54) is 0 Å². The van der Waals surface area contributed by atoms with Crippen molar-refractivity contribution in [2.24, 2.45) is 13.0 Å². The number of amides is 2. The maximum absolute atomic E-state index is 12.2. The lowest BCUT2D eigenvalue weighted by Crippen LogP contribution is -2.48. The van der Waals surface area contributed by atoms with Crippen LogP contribution in [0.2, 0.25) is 0 Å². The molecule has 2 amide bonds. The molecule has 1 rings (SSSR count). The predicted octanol–water partition coefficient (Wildman–Crippen LogP) is 1.91. The van der Waals surface area contributed by atoms with Crippen LogP contribution >= 0.6 is 0 Å². The van der Waals surface area contributed by atoms with Crippen molar-refractivity contribution in [2.75, 3.05) is 5.32 Å². The van der Waals surface area contributed by atoms with E-state index >= 15 is 0 Å². The zero-order chi connectivity index (χ0) is 16.2. The van der Waals surface area contributed by atoms with Gasteiger partial charge in [-0.25, -0.2) is 4.79 Å². The van der Waals surface area contributed by atoms with Crippen molar-refractivity contribution < 1.29 is 14.3 Å². The van der Waals surface area contributed by atoms with Gasteiger partial charge in [-0.15, -0.1) is 0 Å². The third-order valence-corrected chi connectivity index (χ3v) is 2.59. The van der Waals surface area contributed by atoms with E-state index in [2.05, 4.69) is 15.7 Å². The molecule has 2 N–H and O–H groups in total. The van der Waals surface area contributed by atoms with Gasteiger partial charge < -0.3 is 15.4 Å². The van der Waals surface area contributed by atoms with Gasteiger partial charge in [0.1, 0.15) is 11.6 Å². The second-order valence-corrected chi connectivity index (χ2v) is 6.26. The number of ether oxygens (including phenoxy) is 1. The maximum Gasteiger partial charge on any atom is 0.408 e. The molecule has 0 radical (unpaired) electrons. The van der Waals surface area contributed by atoms with E-state index in [9.17, 15) is 9.59 Å². The van der Waals surface area contributed by atoms with Gasteiger partial charge in [-0.2, -0.15) is 5.10 Å². The number of nitrogens with zero attached hydrogens (tertiary/aromatic N) is 2. The first-order valence-corrected chi connectivity index (χ1v) is 6.87. The molecule has 0 aliphatic carbocycles. The van der Waals surface area contributed by atoms with E-state index in [1.807, 2.05) is 13.8 Å². The lowest BCUT2D eigenvalue weighted by Gasteiger charge is -2.25. The summed E-state index contributed by atoms with van der Waals surface area (Å²) in [6.45, 7) is 9.02. The summed E-state index contributed by atoms with van der Waals surface area (Å²) in [5.41, 5.74) is -0.0232. The molecule has 118 valence electrons. The molecule has 1 aromatic heterocycles. The number of hydrogen-bond donors (Lipinski definition) is 2. The average Bonchev–Trinajstić information content (AvgIpc) is 2.68. The molecule has 1 aromatic rings. The number of carbonyl (C=O) groups excluding carboxylic acids is 2. The van der Waals surface area contributed by atoms with E-state index in [0.717, 1.165) is 0 Å². The lowest BCUT2D eigenvalue weighted by molar-refractivity contribution is -0.119. The van der Waals surface area contributed by atoms with Crippen LogP contribution in [0.4, 0.5) is 10.5 Å². The van der Waals surface area contributed by atoms with Crippen molar-refractivity contribution in [3.05, 3.63) is 12.4 Å². The molecule has 0 aliphatic heterocycles. The smallest absolute Gasteiger partial charge is 0.408 e. The largest absolute Gasteiger partial charge is 0.444 e. The Morgan fingerprint density at radius 1 is 1.33 bits per heavy atom. The van der Waals surface area contributed by atoms with E-state index in [4.69, 9.17) is 4.74 Å². The fourth-order valence-electron chi connectivity index (χ4n) is 1.68. The minimum atomic E-state index is -0.681. The molecule has 0 aliphatic rings. The molecule has 0 spiro atoms. The molecule has 0 bridgehead atoms. The Morgan fingerprint density at radius 3 is 2.38 bits per heavy atom. The van der Waals surface area contributed by atoms with Gasteiger partial charge in [0.15, 0.2) is 0 Å². The Morgan fingerprint density at radius 2 is 1.95 bits per heavy atom. The van der Waals surface area contributed by atoms with Crippen LogP contribution < -0.4 is 10.6 Å². The minimum Gasteiger partial charge on any atom is -0.444 e. The Kier molecular flexibility index (Phi) is 5.34. The monoisotopic (exact) mass is 296 g/mol. The van der Waals surface area contributed by atoms with Crippen LogP contribution in [0, 0.1) is 5.92 Å². The molecule has 1 unspecified atom stereocenters. The zero-order valence-electron chi connectivity index (χ0n) is 13.4. The van der Waals surface area contributed by atoms with Gasteiger partial charge in [0.05, 0.1) is 11.9 Å². The molecule has 0 fully saturated rings. The van der Waals surface area contributed by atoms with Crippen molar-refractivity contribution in [3.63, 3.8) is 0 Å². The first-order chi connectivity index (χ1) is 9.58. The topological polar surface area (TPSA) is 85.2 Å². The number of aromatic nitrogens is 2.